The molecule has 0 amide bonds. The second-order valence-corrected chi connectivity index (χ2v) is 8.31. The largest absolute Gasteiger partial charge is 0.323 e. The lowest BCUT2D eigenvalue weighted by atomic mass is 9.67. The number of benzene rings is 1. The normalized spacial score (nSPS) is 32.5. The van der Waals surface area contributed by atoms with Crippen LogP contribution in [0, 0.1) is 10.8 Å². The van der Waals surface area contributed by atoms with Gasteiger partial charge in [-0.25, -0.2) is 0 Å². The number of hydrogen-bond acceptors (Lipinski definition) is 3. The molecular formula is C15H17BrCl2O3. The van der Waals surface area contributed by atoms with Crippen LogP contribution in [0.25, 0.3) is 0 Å². The van der Waals surface area contributed by atoms with Crippen molar-refractivity contribution < 1.29 is 14.2 Å². The number of ether oxygens (including phenoxy) is 3. The van der Waals surface area contributed by atoms with Crippen molar-refractivity contribution >= 4 is 39.1 Å². The van der Waals surface area contributed by atoms with E-state index in [1.165, 1.54) is 0 Å². The van der Waals surface area contributed by atoms with Crippen LogP contribution in [-0.4, -0.2) is 19.8 Å². The summed E-state index contributed by atoms with van der Waals surface area (Å²) >= 11 is 15.7. The molecule has 21 heavy (non-hydrogen) atoms. The molecule has 116 valence electrons. The molecule has 3 aliphatic heterocycles. The zero-order valence-electron chi connectivity index (χ0n) is 12.1. The highest BCUT2D eigenvalue weighted by Crippen LogP contribution is 2.52. The van der Waals surface area contributed by atoms with Gasteiger partial charge in [-0.2, -0.15) is 0 Å². The van der Waals surface area contributed by atoms with Crippen molar-refractivity contribution in [1.82, 2.24) is 0 Å². The van der Waals surface area contributed by atoms with E-state index in [2.05, 4.69) is 36.7 Å². The maximum absolute atomic E-state index is 6.17. The summed E-state index contributed by atoms with van der Waals surface area (Å²) in [5, 5.41) is 1.00. The fourth-order valence-corrected chi connectivity index (χ4v) is 3.30. The van der Waals surface area contributed by atoms with Gasteiger partial charge in [-0.05, 0) is 33.5 Å². The average Bonchev–Trinajstić information content (AvgIpc) is 2.45. The van der Waals surface area contributed by atoms with Gasteiger partial charge in [0.1, 0.15) is 0 Å². The summed E-state index contributed by atoms with van der Waals surface area (Å²) in [6, 6.07) is 3.51. The molecule has 0 aliphatic carbocycles. The Kier molecular flexibility index (Phi) is 3.88. The molecule has 4 rings (SSSR count). The fourth-order valence-electron chi connectivity index (χ4n) is 2.58. The molecule has 0 unspecified atom stereocenters. The van der Waals surface area contributed by atoms with Crippen LogP contribution >= 0.6 is 39.1 Å². The third-order valence-corrected chi connectivity index (χ3v) is 6.45. The molecule has 2 bridgehead atoms. The lowest BCUT2D eigenvalue weighted by Gasteiger charge is -2.56. The van der Waals surface area contributed by atoms with Gasteiger partial charge in [0.2, 0.25) is 0 Å². The van der Waals surface area contributed by atoms with Crippen LogP contribution in [0.2, 0.25) is 10.0 Å². The molecule has 1 aromatic rings. The van der Waals surface area contributed by atoms with Gasteiger partial charge >= 0.3 is 5.97 Å². The third kappa shape index (κ3) is 2.44. The van der Waals surface area contributed by atoms with Crippen molar-refractivity contribution in [3.05, 3.63) is 32.2 Å². The Bertz CT molecular complexity index is 535. The summed E-state index contributed by atoms with van der Waals surface area (Å²) < 4.78 is 18.5. The number of halogens is 3. The molecular weight excluding hydrogens is 379 g/mol. The Morgan fingerprint density at radius 1 is 1.00 bits per heavy atom. The van der Waals surface area contributed by atoms with Crippen LogP contribution in [0.4, 0.5) is 0 Å². The molecule has 6 heteroatoms. The highest BCUT2D eigenvalue weighted by Gasteiger charge is 2.58. The van der Waals surface area contributed by atoms with E-state index in [0.717, 1.165) is 0 Å². The Hall–Kier alpha value is 0.160. The average molecular weight is 396 g/mol. The van der Waals surface area contributed by atoms with Crippen LogP contribution in [0.5, 0.6) is 0 Å². The molecule has 0 spiro atoms. The smallest absolute Gasteiger partial charge is 0.312 e. The summed E-state index contributed by atoms with van der Waals surface area (Å²) in [6.45, 7) is 8.28. The van der Waals surface area contributed by atoms with Gasteiger partial charge in [-0.1, -0.05) is 44.0 Å². The molecule has 0 saturated carbocycles. The van der Waals surface area contributed by atoms with E-state index in [0.29, 0.717) is 39.9 Å². The second kappa shape index (κ2) is 5.08. The van der Waals surface area contributed by atoms with E-state index >= 15 is 0 Å². The highest BCUT2D eigenvalue weighted by atomic mass is 79.9. The zero-order chi connectivity index (χ0) is 15.5. The van der Waals surface area contributed by atoms with E-state index < -0.39 is 5.97 Å². The van der Waals surface area contributed by atoms with Gasteiger partial charge in [-0.3, -0.25) is 0 Å². The predicted molar refractivity (Wildman–Crippen MR) is 85.6 cm³/mol. The minimum absolute atomic E-state index is 0.0363. The van der Waals surface area contributed by atoms with Crippen LogP contribution in [0.3, 0.4) is 0 Å². The summed E-state index contributed by atoms with van der Waals surface area (Å²) in [4.78, 5) is 0. The SMILES string of the molecule is CC(C)(C)C12COC(c3cc(Cl)c(Br)c(Cl)c3)(OC1)OC2. The Morgan fingerprint density at radius 2 is 1.43 bits per heavy atom. The summed E-state index contributed by atoms with van der Waals surface area (Å²) in [5.74, 6) is -1.19. The molecule has 3 fully saturated rings. The Balaban J connectivity index is 1.94. The van der Waals surface area contributed by atoms with Crippen molar-refractivity contribution in [2.75, 3.05) is 19.8 Å². The van der Waals surface area contributed by atoms with E-state index in [-0.39, 0.29) is 10.8 Å². The molecule has 1 aromatic carbocycles. The Morgan fingerprint density at radius 3 is 1.81 bits per heavy atom. The molecule has 0 N–H and O–H groups in total. The lowest BCUT2D eigenvalue weighted by Crippen LogP contribution is -2.62. The summed E-state index contributed by atoms with van der Waals surface area (Å²) in [6.07, 6.45) is 0. The minimum atomic E-state index is -1.19. The van der Waals surface area contributed by atoms with Crippen molar-refractivity contribution in [2.24, 2.45) is 10.8 Å². The van der Waals surface area contributed by atoms with Crippen LogP contribution in [-0.2, 0) is 20.2 Å². The van der Waals surface area contributed by atoms with Gasteiger partial charge in [0.25, 0.3) is 0 Å². The van der Waals surface area contributed by atoms with Crippen molar-refractivity contribution in [2.45, 2.75) is 26.7 Å². The summed E-state index contributed by atoms with van der Waals surface area (Å²) in [7, 11) is 0. The van der Waals surface area contributed by atoms with E-state index in [4.69, 9.17) is 37.4 Å². The maximum Gasteiger partial charge on any atom is 0.312 e. The maximum atomic E-state index is 6.17. The quantitative estimate of drug-likeness (QED) is 0.628. The molecule has 3 saturated heterocycles. The van der Waals surface area contributed by atoms with Gasteiger partial charge in [0, 0.05) is 11.0 Å². The molecule has 0 atom stereocenters. The monoisotopic (exact) mass is 394 g/mol. The van der Waals surface area contributed by atoms with Gasteiger partial charge in [0.05, 0.1) is 34.3 Å². The minimum Gasteiger partial charge on any atom is -0.323 e. The van der Waals surface area contributed by atoms with Gasteiger partial charge in [0.15, 0.2) is 0 Å². The summed E-state index contributed by atoms with van der Waals surface area (Å²) in [5.41, 5.74) is 0.592. The van der Waals surface area contributed by atoms with Crippen molar-refractivity contribution in [3.8, 4) is 0 Å². The molecule has 0 radical (unpaired) electrons. The lowest BCUT2D eigenvalue weighted by molar-refractivity contribution is -0.489. The molecule has 3 heterocycles. The standard InChI is InChI=1S/C15H17BrCl2O3/c1-13(2,3)14-6-19-15(20-7-14,21-8-14)9-4-10(17)12(16)11(18)5-9/h4-5H,6-8H2,1-3H3. The first kappa shape index (κ1) is 16.0. The predicted octanol–water partition coefficient (Wildman–Crippen LogP) is 4.98. The molecule has 3 aliphatic rings. The first-order valence-corrected chi connectivity index (χ1v) is 8.31. The van der Waals surface area contributed by atoms with Gasteiger partial charge in [-0.15, -0.1) is 0 Å². The highest BCUT2D eigenvalue weighted by molar-refractivity contribution is 9.10. The number of fused-ring (bicyclic) bond motifs is 3. The van der Waals surface area contributed by atoms with Crippen LogP contribution in [0.15, 0.2) is 16.6 Å². The van der Waals surface area contributed by atoms with Crippen molar-refractivity contribution in [3.63, 3.8) is 0 Å². The first-order valence-electron chi connectivity index (χ1n) is 6.76. The molecule has 3 nitrogen and oxygen atoms in total. The van der Waals surface area contributed by atoms with Crippen LogP contribution in [0.1, 0.15) is 26.3 Å². The number of hydrogen-bond donors (Lipinski definition) is 0. The van der Waals surface area contributed by atoms with E-state index in [1.54, 1.807) is 12.1 Å². The Labute approximate surface area is 143 Å². The van der Waals surface area contributed by atoms with E-state index in [1.807, 2.05) is 0 Å². The van der Waals surface area contributed by atoms with E-state index in [9.17, 15) is 0 Å². The van der Waals surface area contributed by atoms with Crippen molar-refractivity contribution in [1.29, 1.82) is 0 Å². The zero-order valence-corrected chi connectivity index (χ0v) is 15.2. The fraction of sp³-hybridized carbons (Fsp3) is 0.600. The topological polar surface area (TPSA) is 27.7 Å². The second-order valence-electron chi connectivity index (χ2n) is 6.71. The van der Waals surface area contributed by atoms with Gasteiger partial charge < -0.3 is 14.2 Å². The third-order valence-electron chi connectivity index (χ3n) is 4.54. The number of rotatable bonds is 1. The molecule has 0 aromatic heterocycles. The van der Waals surface area contributed by atoms with Crippen LogP contribution < -0.4 is 0 Å². The first-order chi connectivity index (χ1) is 9.69.